The van der Waals surface area contributed by atoms with Crippen LogP contribution in [-0.4, -0.2) is 0 Å². The van der Waals surface area contributed by atoms with Crippen LogP contribution in [0.5, 0.6) is 0 Å². The van der Waals surface area contributed by atoms with E-state index in [0.29, 0.717) is 0 Å². The normalized spacial score (nSPS) is 32.1. The fraction of sp³-hybridized carbons (Fsp3) is 1.00. The van der Waals surface area contributed by atoms with Crippen molar-refractivity contribution >= 4 is 0 Å². The van der Waals surface area contributed by atoms with E-state index in [-0.39, 0.29) is 0 Å². The summed E-state index contributed by atoms with van der Waals surface area (Å²) in [7, 11) is 0. The van der Waals surface area contributed by atoms with Crippen LogP contribution < -0.4 is 0 Å². The molecule has 0 nitrogen and oxygen atoms in total. The summed E-state index contributed by atoms with van der Waals surface area (Å²) in [6, 6.07) is 0. The Morgan fingerprint density at radius 2 is 0.957 bits per heavy atom. The molecule has 2 saturated carbocycles. The number of unbranched alkanes of at least 4 members (excludes halogenated alkanes) is 5. The third-order valence-electron chi connectivity index (χ3n) is 7.11. The number of hydrogen-bond acceptors (Lipinski definition) is 0. The van der Waals surface area contributed by atoms with Crippen molar-refractivity contribution in [3.8, 4) is 0 Å². The summed E-state index contributed by atoms with van der Waals surface area (Å²) in [5.74, 6) is 4.39. The molecule has 0 spiro atoms. The van der Waals surface area contributed by atoms with Crippen molar-refractivity contribution in [2.75, 3.05) is 0 Å². The van der Waals surface area contributed by atoms with Gasteiger partial charge in [0.15, 0.2) is 0 Å². The minimum atomic E-state index is 1.08. The van der Waals surface area contributed by atoms with Gasteiger partial charge in [0.25, 0.3) is 0 Å². The molecule has 23 heavy (non-hydrogen) atoms. The third kappa shape index (κ3) is 7.18. The van der Waals surface area contributed by atoms with Crippen LogP contribution in [0.2, 0.25) is 0 Å². The summed E-state index contributed by atoms with van der Waals surface area (Å²) in [6.45, 7) is 4.67. The first-order chi connectivity index (χ1) is 11.3. The molecule has 0 unspecified atom stereocenters. The van der Waals surface area contributed by atoms with E-state index in [0.717, 1.165) is 23.7 Å². The Morgan fingerprint density at radius 3 is 1.48 bits per heavy atom. The van der Waals surface area contributed by atoms with E-state index >= 15 is 0 Å². The van der Waals surface area contributed by atoms with Gasteiger partial charge in [-0.05, 0) is 49.4 Å². The van der Waals surface area contributed by atoms with Gasteiger partial charge in [-0.1, -0.05) is 97.3 Å². The van der Waals surface area contributed by atoms with Crippen LogP contribution in [0.3, 0.4) is 0 Å². The second-order valence-electron chi connectivity index (χ2n) is 8.91. The lowest BCUT2D eigenvalue weighted by Crippen LogP contribution is -2.25. The molecule has 0 amide bonds. The Kier molecular flexibility index (Phi) is 9.69. The summed E-state index contributed by atoms with van der Waals surface area (Å²) in [5, 5.41) is 0. The highest BCUT2D eigenvalue weighted by Crippen LogP contribution is 2.43. The van der Waals surface area contributed by atoms with Crippen molar-refractivity contribution in [3.05, 3.63) is 0 Å². The summed E-state index contributed by atoms with van der Waals surface area (Å²) in [4.78, 5) is 0. The monoisotopic (exact) mass is 320 g/mol. The van der Waals surface area contributed by atoms with Gasteiger partial charge in [0, 0.05) is 0 Å². The molecule has 0 N–H and O–H groups in total. The molecule has 0 saturated heterocycles. The molecule has 2 aliphatic carbocycles. The molecular weight excluding hydrogens is 276 g/mol. The van der Waals surface area contributed by atoms with E-state index in [9.17, 15) is 0 Å². The van der Waals surface area contributed by atoms with Crippen LogP contribution in [0.15, 0.2) is 0 Å². The van der Waals surface area contributed by atoms with Crippen molar-refractivity contribution in [3.63, 3.8) is 0 Å². The summed E-state index contributed by atoms with van der Waals surface area (Å²) < 4.78 is 0. The highest BCUT2D eigenvalue weighted by molar-refractivity contribution is 4.82. The molecular formula is C23H44. The zero-order valence-electron chi connectivity index (χ0n) is 16.3. The SMILES string of the molecule is CCCCCCCCC1CCC(C2CCC(CCC)CC2)CC1. The molecule has 2 fully saturated rings. The molecule has 136 valence electrons. The Morgan fingerprint density at radius 1 is 0.478 bits per heavy atom. The molecule has 2 aliphatic rings. The smallest absolute Gasteiger partial charge is 0.0386 e. The van der Waals surface area contributed by atoms with Crippen molar-refractivity contribution in [1.82, 2.24) is 0 Å². The first-order valence-corrected chi connectivity index (χ1v) is 11.3. The third-order valence-corrected chi connectivity index (χ3v) is 7.11. The average Bonchev–Trinajstić information content (AvgIpc) is 2.60. The van der Waals surface area contributed by atoms with Gasteiger partial charge in [-0.25, -0.2) is 0 Å². The molecule has 0 aromatic carbocycles. The van der Waals surface area contributed by atoms with Crippen LogP contribution in [0.4, 0.5) is 0 Å². The minimum Gasteiger partial charge on any atom is -0.0654 e. The maximum Gasteiger partial charge on any atom is -0.0386 e. The van der Waals surface area contributed by atoms with Gasteiger partial charge < -0.3 is 0 Å². The van der Waals surface area contributed by atoms with Crippen molar-refractivity contribution in [1.29, 1.82) is 0 Å². The van der Waals surface area contributed by atoms with E-state index in [1.54, 1.807) is 57.8 Å². The molecule has 0 heteroatoms. The van der Waals surface area contributed by atoms with Crippen molar-refractivity contribution in [2.24, 2.45) is 23.7 Å². The van der Waals surface area contributed by atoms with E-state index < -0.39 is 0 Å². The van der Waals surface area contributed by atoms with Gasteiger partial charge in [0.1, 0.15) is 0 Å². The zero-order valence-corrected chi connectivity index (χ0v) is 16.3. The van der Waals surface area contributed by atoms with Gasteiger partial charge in [-0.3, -0.25) is 0 Å². The van der Waals surface area contributed by atoms with E-state index in [1.165, 1.54) is 51.4 Å². The van der Waals surface area contributed by atoms with Crippen LogP contribution in [0.25, 0.3) is 0 Å². The first kappa shape index (κ1) is 19.3. The number of rotatable bonds is 10. The molecule has 0 heterocycles. The van der Waals surface area contributed by atoms with Crippen LogP contribution in [0.1, 0.15) is 123 Å². The highest BCUT2D eigenvalue weighted by atomic mass is 14.4. The van der Waals surface area contributed by atoms with E-state index in [2.05, 4.69) is 13.8 Å². The van der Waals surface area contributed by atoms with Crippen LogP contribution in [-0.2, 0) is 0 Å². The maximum atomic E-state index is 2.36. The predicted molar refractivity (Wildman–Crippen MR) is 104 cm³/mol. The maximum absolute atomic E-state index is 2.36. The first-order valence-electron chi connectivity index (χ1n) is 11.3. The Labute approximate surface area is 147 Å². The van der Waals surface area contributed by atoms with Crippen molar-refractivity contribution in [2.45, 2.75) is 123 Å². The fourth-order valence-corrected chi connectivity index (χ4v) is 5.52. The second-order valence-corrected chi connectivity index (χ2v) is 8.91. The molecule has 0 aliphatic heterocycles. The molecule has 0 bridgehead atoms. The topological polar surface area (TPSA) is 0 Å². The molecule has 2 rings (SSSR count). The molecule has 0 aromatic heterocycles. The Bertz CT molecular complexity index is 266. The zero-order chi connectivity index (χ0) is 16.3. The lowest BCUT2D eigenvalue weighted by molar-refractivity contribution is 0.140. The van der Waals surface area contributed by atoms with Gasteiger partial charge in [-0.15, -0.1) is 0 Å². The Balaban J connectivity index is 1.52. The standard InChI is InChI=1S/C23H44/c1-3-5-6-7-8-9-11-21-14-18-23(19-15-21)22-16-12-20(10-4-2)13-17-22/h20-23H,3-19H2,1-2H3. The summed E-state index contributed by atoms with van der Waals surface area (Å²) in [6.07, 6.45) is 25.8. The lowest BCUT2D eigenvalue weighted by Gasteiger charge is -2.38. The quantitative estimate of drug-likeness (QED) is 0.356. The number of hydrogen-bond donors (Lipinski definition) is 0. The van der Waals surface area contributed by atoms with Crippen molar-refractivity contribution < 1.29 is 0 Å². The Hall–Kier alpha value is 0. The van der Waals surface area contributed by atoms with E-state index in [1.807, 2.05) is 0 Å². The molecule has 0 aromatic rings. The molecule has 0 atom stereocenters. The van der Waals surface area contributed by atoms with Crippen LogP contribution >= 0.6 is 0 Å². The van der Waals surface area contributed by atoms with Gasteiger partial charge >= 0.3 is 0 Å². The largest absolute Gasteiger partial charge is 0.0654 e. The lowest BCUT2D eigenvalue weighted by atomic mass is 9.68. The second kappa shape index (κ2) is 11.5. The fourth-order valence-electron chi connectivity index (χ4n) is 5.52. The van der Waals surface area contributed by atoms with Gasteiger partial charge in [-0.2, -0.15) is 0 Å². The minimum absolute atomic E-state index is 1.08. The highest BCUT2D eigenvalue weighted by Gasteiger charge is 2.30. The van der Waals surface area contributed by atoms with E-state index in [4.69, 9.17) is 0 Å². The average molecular weight is 321 g/mol. The summed E-state index contributed by atoms with van der Waals surface area (Å²) >= 11 is 0. The molecule has 0 radical (unpaired) electrons. The predicted octanol–water partition coefficient (Wildman–Crippen LogP) is 8.15. The van der Waals surface area contributed by atoms with Crippen LogP contribution in [0, 0.1) is 23.7 Å². The summed E-state index contributed by atoms with van der Waals surface area (Å²) in [5.41, 5.74) is 0. The van der Waals surface area contributed by atoms with Gasteiger partial charge in [0.2, 0.25) is 0 Å². The van der Waals surface area contributed by atoms with Gasteiger partial charge in [0.05, 0.1) is 0 Å².